The van der Waals surface area contributed by atoms with Gasteiger partial charge < -0.3 is 20.5 Å². The average molecular weight is 370 g/mol. The van der Waals surface area contributed by atoms with Gasteiger partial charge in [-0.3, -0.25) is 9.59 Å². The molecule has 2 amide bonds. The minimum absolute atomic E-state index is 0.0224. The molecule has 6 nitrogen and oxygen atoms in total. The topological polar surface area (TPSA) is 87.7 Å². The molecule has 6 heteroatoms. The molecule has 1 unspecified atom stereocenters. The zero-order chi connectivity index (χ0) is 19.5. The van der Waals surface area contributed by atoms with Crippen LogP contribution in [-0.4, -0.2) is 43.2 Å². The van der Waals surface area contributed by atoms with E-state index in [0.717, 1.165) is 5.56 Å². The second-order valence-corrected chi connectivity index (χ2v) is 6.42. The maximum Gasteiger partial charge on any atom is 0.258 e. The van der Waals surface area contributed by atoms with Crippen LogP contribution in [0.3, 0.4) is 0 Å². The molecule has 0 aromatic heterocycles. The maximum absolute atomic E-state index is 11.9. The lowest BCUT2D eigenvalue weighted by molar-refractivity contribution is -0.127. The van der Waals surface area contributed by atoms with Crippen molar-refractivity contribution in [2.45, 2.75) is 13.3 Å². The van der Waals surface area contributed by atoms with E-state index in [1.165, 1.54) is 5.56 Å². The number of aliphatic hydroxyl groups is 1. The van der Waals surface area contributed by atoms with Crippen molar-refractivity contribution in [3.8, 4) is 5.75 Å². The van der Waals surface area contributed by atoms with Crippen LogP contribution in [0.2, 0.25) is 0 Å². The summed E-state index contributed by atoms with van der Waals surface area (Å²) in [5, 5.41) is 14.8. The molecule has 2 aromatic rings. The van der Waals surface area contributed by atoms with E-state index in [-0.39, 0.29) is 37.5 Å². The molecule has 0 aliphatic carbocycles. The van der Waals surface area contributed by atoms with E-state index in [0.29, 0.717) is 18.7 Å². The summed E-state index contributed by atoms with van der Waals surface area (Å²) >= 11 is 0. The predicted octanol–water partition coefficient (Wildman–Crippen LogP) is 1.46. The average Bonchev–Trinajstić information content (AvgIpc) is 2.70. The molecular weight excluding hydrogens is 344 g/mol. The van der Waals surface area contributed by atoms with Crippen molar-refractivity contribution in [1.82, 2.24) is 10.6 Å². The van der Waals surface area contributed by atoms with Crippen LogP contribution < -0.4 is 15.4 Å². The summed E-state index contributed by atoms with van der Waals surface area (Å²) in [5.74, 6) is -0.148. The third-order valence-corrected chi connectivity index (χ3v) is 4.05. The lowest BCUT2D eigenvalue weighted by atomic mass is 9.99. The zero-order valence-electron chi connectivity index (χ0n) is 15.5. The van der Waals surface area contributed by atoms with Crippen LogP contribution in [-0.2, 0) is 16.0 Å². The number of rotatable bonds is 10. The summed E-state index contributed by atoms with van der Waals surface area (Å²) in [4.78, 5) is 23.6. The highest BCUT2D eigenvalue weighted by Crippen LogP contribution is 2.10. The van der Waals surface area contributed by atoms with Gasteiger partial charge in [-0.25, -0.2) is 0 Å². The van der Waals surface area contributed by atoms with Crippen LogP contribution in [0.15, 0.2) is 54.6 Å². The number of para-hydroxylation sites is 1. The molecule has 0 saturated heterocycles. The van der Waals surface area contributed by atoms with Crippen molar-refractivity contribution >= 4 is 11.8 Å². The molecule has 144 valence electrons. The van der Waals surface area contributed by atoms with Gasteiger partial charge in [0.15, 0.2) is 6.61 Å². The molecule has 0 aliphatic rings. The first-order valence-electron chi connectivity index (χ1n) is 8.94. The van der Waals surface area contributed by atoms with E-state index in [1.54, 1.807) is 12.1 Å². The largest absolute Gasteiger partial charge is 0.484 e. The van der Waals surface area contributed by atoms with Crippen molar-refractivity contribution < 1.29 is 19.4 Å². The number of nitrogens with one attached hydrogen (secondary N) is 2. The van der Waals surface area contributed by atoms with Crippen LogP contribution in [0.5, 0.6) is 5.75 Å². The summed E-state index contributed by atoms with van der Waals surface area (Å²) in [6.45, 7) is 2.07. The van der Waals surface area contributed by atoms with Crippen LogP contribution in [0, 0.1) is 12.8 Å². The first-order chi connectivity index (χ1) is 13.1. The maximum atomic E-state index is 11.9. The van der Waals surface area contributed by atoms with Gasteiger partial charge in [0.05, 0.1) is 6.54 Å². The quantitative estimate of drug-likeness (QED) is 0.591. The summed E-state index contributed by atoms with van der Waals surface area (Å²) < 4.78 is 5.31. The fraction of sp³-hybridized carbons (Fsp3) is 0.333. The van der Waals surface area contributed by atoms with Gasteiger partial charge in [0.25, 0.3) is 5.91 Å². The van der Waals surface area contributed by atoms with E-state index in [9.17, 15) is 14.7 Å². The molecule has 0 radical (unpaired) electrons. The Morgan fingerprint density at radius 1 is 1.00 bits per heavy atom. The van der Waals surface area contributed by atoms with E-state index in [4.69, 9.17) is 4.74 Å². The van der Waals surface area contributed by atoms with E-state index < -0.39 is 0 Å². The number of aliphatic hydroxyl groups excluding tert-OH is 1. The highest BCUT2D eigenvalue weighted by molar-refractivity contribution is 5.85. The number of carbonyl (C=O) groups is 2. The number of amides is 2. The molecule has 2 aromatic carbocycles. The van der Waals surface area contributed by atoms with Gasteiger partial charge in [-0.1, -0.05) is 48.0 Å². The molecule has 3 N–H and O–H groups in total. The molecule has 0 fully saturated rings. The summed E-state index contributed by atoms with van der Waals surface area (Å²) in [6, 6.07) is 17.1. The fourth-order valence-electron chi connectivity index (χ4n) is 2.47. The number of aryl methyl sites for hydroxylation is 1. The first-order valence-corrected chi connectivity index (χ1v) is 8.94. The Morgan fingerprint density at radius 2 is 1.70 bits per heavy atom. The first kappa shape index (κ1) is 20.5. The minimum atomic E-state index is -0.368. The van der Waals surface area contributed by atoms with Crippen LogP contribution in [0.4, 0.5) is 0 Å². The van der Waals surface area contributed by atoms with Gasteiger partial charge in [0, 0.05) is 19.1 Å². The molecule has 0 bridgehead atoms. The SMILES string of the molecule is Cc1ccc(CC(CO)CNC(=O)CNC(=O)COc2ccccc2)cc1. The Bertz CT molecular complexity index is 717. The van der Waals surface area contributed by atoms with E-state index >= 15 is 0 Å². The van der Waals surface area contributed by atoms with Crippen molar-refractivity contribution in [2.24, 2.45) is 5.92 Å². The summed E-state index contributed by atoms with van der Waals surface area (Å²) in [5.41, 5.74) is 2.29. The molecule has 1 atom stereocenters. The Morgan fingerprint density at radius 3 is 2.37 bits per heavy atom. The number of hydrogen-bond donors (Lipinski definition) is 3. The second-order valence-electron chi connectivity index (χ2n) is 6.42. The zero-order valence-corrected chi connectivity index (χ0v) is 15.5. The standard InChI is InChI=1S/C21H26N2O4/c1-16-7-9-17(10-8-16)11-18(14-24)12-22-20(25)13-23-21(26)15-27-19-5-3-2-4-6-19/h2-10,18,24H,11-15H2,1H3,(H,22,25)(H,23,26). The molecule has 0 spiro atoms. The molecule has 0 heterocycles. The lowest BCUT2D eigenvalue weighted by Gasteiger charge is -2.15. The molecule has 2 rings (SSSR count). The van der Waals surface area contributed by atoms with Gasteiger partial charge in [0.2, 0.25) is 5.91 Å². The normalized spacial score (nSPS) is 11.5. The van der Waals surface area contributed by atoms with Crippen molar-refractivity contribution in [3.63, 3.8) is 0 Å². The van der Waals surface area contributed by atoms with Crippen LogP contribution in [0.1, 0.15) is 11.1 Å². The highest BCUT2D eigenvalue weighted by atomic mass is 16.5. The number of hydrogen-bond acceptors (Lipinski definition) is 4. The Labute approximate surface area is 159 Å². The highest BCUT2D eigenvalue weighted by Gasteiger charge is 2.12. The lowest BCUT2D eigenvalue weighted by Crippen LogP contribution is -2.41. The Balaban J connectivity index is 1.65. The van der Waals surface area contributed by atoms with Crippen molar-refractivity contribution in [3.05, 3.63) is 65.7 Å². The monoisotopic (exact) mass is 370 g/mol. The number of ether oxygens (including phenoxy) is 1. The Kier molecular flexibility index (Phi) is 8.32. The molecule has 27 heavy (non-hydrogen) atoms. The van der Waals surface area contributed by atoms with Gasteiger partial charge >= 0.3 is 0 Å². The summed E-state index contributed by atoms with van der Waals surface area (Å²) in [7, 11) is 0. The second kappa shape index (κ2) is 11.0. The van der Waals surface area contributed by atoms with Gasteiger partial charge in [-0.15, -0.1) is 0 Å². The van der Waals surface area contributed by atoms with Crippen LogP contribution in [0.25, 0.3) is 0 Å². The summed E-state index contributed by atoms with van der Waals surface area (Å²) in [6.07, 6.45) is 0.675. The number of carbonyl (C=O) groups excluding carboxylic acids is 2. The fourth-order valence-corrected chi connectivity index (χ4v) is 2.47. The Hall–Kier alpha value is -2.86. The van der Waals surface area contributed by atoms with E-state index in [1.807, 2.05) is 49.4 Å². The van der Waals surface area contributed by atoms with Gasteiger partial charge in [-0.05, 0) is 31.0 Å². The van der Waals surface area contributed by atoms with Crippen molar-refractivity contribution in [1.29, 1.82) is 0 Å². The predicted molar refractivity (Wildman–Crippen MR) is 103 cm³/mol. The van der Waals surface area contributed by atoms with E-state index in [2.05, 4.69) is 10.6 Å². The van der Waals surface area contributed by atoms with Crippen molar-refractivity contribution in [2.75, 3.05) is 26.3 Å². The smallest absolute Gasteiger partial charge is 0.258 e. The molecule has 0 aliphatic heterocycles. The van der Waals surface area contributed by atoms with Gasteiger partial charge in [-0.2, -0.15) is 0 Å². The van der Waals surface area contributed by atoms with Crippen LogP contribution >= 0.6 is 0 Å². The number of benzene rings is 2. The third kappa shape index (κ3) is 7.92. The van der Waals surface area contributed by atoms with Gasteiger partial charge in [0.1, 0.15) is 5.75 Å². The molecule has 0 saturated carbocycles. The minimum Gasteiger partial charge on any atom is -0.484 e. The third-order valence-electron chi connectivity index (χ3n) is 4.05. The molecular formula is C21H26N2O4.